The number of carbonyl (C=O) groups excluding carboxylic acids is 1. The van der Waals surface area contributed by atoms with Crippen LogP contribution in [-0.2, 0) is 22.4 Å². The van der Waals surface area contributed by atoms with E-state index in [1.54, 1.807) is 0 Å². The lowest BCUT2D eigenvalue weighted by molar-refractivity contribution is -0.143. The largest absolute Gasteiger partial charge is 0.466 e. The van der Waals surface area contributed by atoms with Gasteiger partial charge < -0.3 is 20.3 Å². The Bertz CT molecular complexity index is 896. The third-order valence-corrected chi connectivity index (χ3v) is 6.27. The number of aryl methyl sites for hydroxylation is 3. The predicted molar refractivity (Wildman–Crippen MR) is 126 cm³/mol. The van der Waals surface area contributed by atoms with E-state index < -0.39 is 0 Å². The van der Waals surface area contributed by atoms with E-state index in [4.69, 9.17) is 9.72 Å². The van der Waals surface area contributed by atoms with Crippen LogP contribution in [0.25, 0.3) is 0 Å². The molecule has 0 spiro atoms. The summed E-state index contributed by atoms with van der Waals surface area (Å²) in [5.74, 6) is 0.911. The van der Waals surface area contributed by atoms with Crippen molar-refractivity contribution in [2.45, 2.75) is 58.0 Å². The molecule has 0 unspecified atom stereocenters. The molecule has 4 rings (SSSR count). The van der Waals surface area contributed by atoms with Gasteiger partial charge in [-0.3, -0.25) is 9.78 Å². The molecule has 1 fully saturated rings. The number of nitrogens with zero attached hydrogens (tertiary/aromatic N) is 3. The third-order valence-electron chi connectivity index (χ3n) is 6.27. The molecule has 0 radical (unpaired) electrons. The maximum Gasteiger partial charge on any atom is 0.307 e. The van der Waals surface area contributed by atoms with Crippen LogP contribution in [0.5, 0.6) is 0 Å². The zero-order valence-electron chi connectivity index (χ0n) is 19.3. The SMILES string of the molecule is CCOC(=O)C[C@H](NC1CN(CCCc2ccc3c(n2)NCCC3)C1)c1ccc(C)nc1. The standard InChI is InChI=1S/C25H35N5O2/c1-3-32-24(31)14-23(20-9-8-18(2)27-15-20)28-22-16-30(17-22)13-5-7-21-11-10-19-6-4-12-26-25(19)29-21/h8-11,15,22-23,28H,3-7,12-14,16-17H2,1-2H3,(H,26,29)/t23-/m0/s1. The second-order valence-corrected chi connectivity index (χ2v) is 8.86. The van der Waals surface area contributed by atoms with Gasteiger partial charge in [0.05, 0.1) is 13.0 Å². The van der Waals surface area contributed by atoms with Crippen LogP contribution in [0.3, 0.4) is 0 Å². The third kappa shape index (κ3) is 6.04. The van der Waals surface area contributed by atoms with Crippen molar-refractivity contribution in [1.29, 1.82) is 0 Å². The topological polar surface area (TPSA) is 79.4 Å². The molecule has 0 saturated carbocycles. The smallest absolute Gasteiger partial charge is 0.307 e. The van der Waals surface area contributed by atoms with Crippen LogP contribution in [0.1, 0.15) is 54.7 Å². The molecule has 1 saturated heterocycles. The Morgan fingerprint density at radius 1 is 1.31 bits per heavy atom. The molecule has 2 aromatic rings. The van der Waals surface area contributed by atoms with E-state index in [2.05, 4.69) is 38.7 Å². The number of esters is 1. The normalized spacial score (nSPS) is 17.2. The van der Waals surface area contributed by atoms with Crippen molar-refractivity contribution >= 4 is 11.8 Å². The molecule has 2 aliphatic rings. The first-order valence-electron chi connectivity index (χ1n) is 11.9. The van der Waals surface area contributed by atoms with Crippen LogP contribution >= 0.6 is 0 Å². The minimum absolute atomic E-state index is 0.0681. The Morgan fingerprint density at radius 3 is 2.97 bits per heavy atom. The van der Waals surface area contributed by atoms with Gasteiger partial charge in [0.25, 0.3) is 0 Å². The Balaban J connectivity index is 1.22. The molecule has 1 atom stereocenters. The van der Waals surface area contributed by atoms with Crippen LogP contribution < -0.4 is 10.6 Å². The van der Waals surface area contributed by atoms with Crippen molar-refractivity contribution in [1.82, 2.24) is 20.2 Å². The van der Waals surface area contributed by atoms with Gasteiger partial charge in [0.15, 0.2) is 0 Å². The number of nitrogens with one attached hydrogen (secondary N) is 2. The number of likely N-dealkylation sites (tertiary alicyclic amines) is 1. The van der Waals surface area contributed by atoms with Gasteiger partial charge in [-0.05, 0) is 69.3 Å². The van der Waals surface area contributed by atoms with Gasteiger partial charge in [-0.15, -0.1) is 0 Å². The van der Waals surface area contributed by atoms with Crippen molar-refractivity contribution in [3.05, 3.63) is 53.0 Å². The van der Waals surface area contributed by atoms with E-state index in [1.165, 1.54) is 17.7 Å². The van der Waals surface area contributed by atoms with E-state index in [1.807, 2.05) is 26.1 Å². The number of aromatic nitrogens is 2. The van der Waals surface area contributed by atoms with Crippen LogP contribution in [0, 0.1) is 6.92 Å². The van der Waals surface area contributed by atoms with Crippen molar-refractivity contribution in [3.8, 4) is 0 Å². The summed E-state index contributed by atoms with van der Waals surface area (Å²) in [7, 11) is 0. The molecule has 32 heavy (non-hydrogen) atoms. The summed E-state index contributed by atoms with van der Waals surface area (Å²) < 4.78 is 5.18. The maximum absolute atomic E-state index is 12.1. The lowest BCUT2D eigenvalue weighted by Gasteiger charge is -2.41. The molecular formula is C25H35N5O2. The fourth-order valence-electron chi connectivity index (χ4n) is 4.48. The van der Waals surface area contributed by atoms with Gasteiger partial charge in [-0.2, -0.15) is 0 Å². The second-order valence-electron chi connectivity index (χ2n) is 8.86. The molecular weight excluding hydrogens is 402 g/mol. The number of ether oxygens (including phenoxy) is 1. The first kappa shape index (κ1) is 22.7. The number of hydrogen-bond donors (Lipinski definition) is 2. The van der Waals surface area contributed by atoms with Crippen LogP contribution in [-0.4, -0.2) is 59.7 Å². The molecule has 172 valence electrons. The molecule has 7 heteroatoms. The van der Waals surface area contributed by atoms with Gasteiger partial charge >= 0.3 is 5.97 Å². The minimum Gasteiger partial charge on any atom is -0.466 e. The van der Waals surface area contributed by atoms with Gasteiger partial charge in [-0.25, -0.2) is 4.98 Å². The highest BCUT2D eigenvalue weighted by Crippen LogP contribution is 2.22. The number of anilines is 1. The summed E-state index contributed by atoms with van der Waals surface area (Å²) in [6, 6.07) is 8.77. The second kappa shape index (κ2) is 10.9. The highest BCUT2D eigenvalue weighted by molar-refractivity contribution is 5.70. The molecule has 0 aliphatic carbocycles. The average Bonchev–Trinajstić information content (AvgIpc) is 2.77. The first-order chi connectivity index (χ1) is 15.6. The molecule has 0 bridgehead atoms. The Labute approximate surface area is 191 Å². The lowest BCUT2D eigenvalue weighted by Crippen LogP contribution is -2.58. The summed E-state index contributed by atoms with van der Waals surface area (Å²) in [6.07, 6.45) is 6.62. The van der Waals surface area contributed by atoms with Crippen molar-refractivity contribution in [2.75, 3.05) is 38.1 Å². The molecule has 0 amide bonds. The summed E-state index contributed by atoms with van der Waals surface area (Å²) >= 11 is 0. The van der Waals surface area contributed by atoms with Crippen LogP contribution in [0.2, 0.25) is 0 Å². The molecule has 7 nitrogen and oxygen atoms in total. The number of fused-ring (bicyclic) bond motifs is 1. The van der Waals surface area contributed by atoms with E-state index in [0.717, 1.165) is 62.5 Å². The van der Waals surface area contributed by atoms with Crippen LogP contribution in [0.15, 0.2) is 30.5 Å². The summed E-state index contributed by atoms with van der Waals surface area (Å²) in [5, 5.41) is 7.07. The van der Waals surface area contributed by atoms with Crippen molar-refractivity contribution < 1.29 is 9.53 Å². The van der Waals surface area contributed by atoms with Gasteiger partial charge in [0.1, 0.15) is 5.82 Å². The molecule has 0 aromatic carbocycles. The van der Waals surface area contributed by atoms with E-state index in [9.17, 15) is 4.79 Å². The predicted octanol–water partition coefficient (Wildman–Crippen LogP) is 3.04. The number of rotatable bonds is 10. The van der Waals surface area contributed by atoms with Crippen molar-refractivity contribution in [3.63, 3.8) is 0 Å². The summed E-state index contributed by atoms with van der Waals surface area (Å²) in [6.45, 7) is 8.31. The highest BCUT2D eigenvalue weighted by Gasteiger charge is 2.29. The van der Waals surface area contributed by atoms with Gasteiger partial charge in [0.2, 0.25) is 0 Å². The summed E-state index contributed by atoms with van der Waals surface area (Å²) in [4.78, 5) is 23.8. The van der Waals surface area contributed by atoms with Gasteiger partial charge in [-0.1, -0.05) is 12.1 Å². The minimum atomic E-state index is -0.172. The van der Waals surface area contributed by atoms with E-state index >= 15 is 0 Å². The molecule has 2 aliphatic heterocycles. The molecule has 4 heterocycles. The van der Waals surface area contributed by atoms with E-state index in [0.29, 0.717) is 19.1 Å². The quantitative estimate of drug-likeness (QED) is 0.553. The van der Waals surface area contributed by atoms with Crippen molar-refractivity contribution in [2.24, 2.45) is 0 Å². The van der Waals surface area contributed by atoms with Crippen LogP contribution in [0.4, 0.5) is 5.82 Å². The number of carbonyl (C=O) groups is 1. The zero-order valence-corrected chi connectivity index (χ0v) is 19.3. The Morgan fingerprint density at radius 2 is 2.19 bits per heavy atom. The summed E-state index contributed by atoms with van der Waals surface area (Å²) in [5.41, 5.74) is 4.53. The monoisotopic (exact) mass is 437 g/mol. The molecule has 2 N–H and O–H groups in total. The van der Waals surface area contributed by atoms with E-state index in [-0.39, 0.29) is 12.0 Å². The highest BCUT2D eigenvalue weighted by atomic mass is 16.5. The first-order valence-corrected chi connectivity index (χ1v) is 11.9. The number of hydrogen-bond acceptors (Lipinski definition) is 7. The Hall–Kier alpha value is -2.51. The molecule has 2 aromatic heterocycles. The average molecular weight is 438 g/mol. The lowest BCUT2D eigenvalue weighted by atomic mass is 10.0. The van der Waals surface area contributed by atoms with Gasteiger partial charge in [0, 0.05) is 49.3 Å². The Kier molecular flexibility index (Phi) is 7.71. The maximum atomic E-state index is 12.1. The zero-order chi connectivity index (χ0) is 22.3. The fraction of sp³-hybridized carbons (Fsp3) is 0.560. The number of pyridine rings is 2. The fourth-order valence-corrected chi connectivity index (χ4v) is 4.48.